The van der Waals surface area contributed by atoms with E-state index in [9.17, 15) is 4.79 Å². The van der Waals surface area contributed by atoms with E-state index < -0.39 is 0 Å². The molecular formula is C21H27N3O. The zero-order valence-electron chi connectivity index (χ0n) is 15.3. The average Bonchev–Trinajstić information content (AvgIpc) is 2.57. The Labute approximate surface area is 150 Å². The monoisotopic (exact) mass is 337 g/mol. The highest BCUT2D eigenvalue weighted by Gasteiger charge is 2.29. The molecule has 1 unspecified atom stereocenters. The Morgan fingerprint density at radius 1 is 0.960 bits per heavy atom. The van der Waals surface area contributed by atoms with Gasteiger partial charge in [0.2, 0.25) is 5.91 Å². The molecule has 0 saturated carbocycles. The number of aryl methyl sites for hydroxylation is 2. The lowest BCUT2D eigenvalue weighted by Gasteiger charge is -2.37. The number of rotatable bonds is 4. The molecular weight excluding hydrogens is 310 g/mol. The molecule has 1 saturated heterocycles. The second kappa shape index (κ2) is 7.81. The second-order valence-corrected chi connectivity index (χ2v) is 7.02. The van der Waals surface area contributed by atoms with Crippen molar-refractivity contribution in [2.24, 2.45) is 0 Å². The van der Waals surface area contributed by atoms with E-state index in [0.717, 1.165) is 48.6 Å². The lowest BCUT2D eigenvalue weighted by molar-refractivity contribution is -0.122. The summed E-state index contributed by atoms with van der Waals surface area (Å²) in [6.45, 7) is 7.88. The van der Waals surface area contributed by atoms with Gasteiger partial charge in [0, 0.05) is 31.9 Å². The van der Waals surface area contributed by atoms with Crippen LogP contribution in [0.15, 0.2) is 48.5 Å². The summed E-state index contributed by atoms with van der Waals surface area (Å²) < 4.78 is 0. The van der Waals surface area contributed by atoms with Gasteiger partial charge in [0.25, 0.3) is 0 Å². The molecule has 0 spiro atoms. The van der Waals surface area contributed by atoms with Crippen LogP contribution in [0.1, 0.15) is 22.7 Å². The van der Waals surface area contributed by atoms with Crippen LogP contribution in [0.4, 0.5) is 5.69 Å². The van der Waals surface area contributed by atoms with E-state index in [-0.39, 0.29) is 11.9 Å². The lowest BCUT2D eigenvalue weighted by Crippen LogP contribution is -2.48. The van der Waals surface area contributed by atoms with Gasteiger partial charge in [-0.05, 0) is 49.7 Å². The maximum Gasteiger partial charge on any atom is 0.246 e. The maximum absolute atomic E-state index is 13.2. The summed E-state index contributed by atoms with van der Waals surface area (Å²) in [5, 5.41) is 3.14. The number of nitrogens with zero attached hydrogens (tertiary/aromatic N) is 2. The fraction of sp³-hybridized carbons (Fsp3) is 0.381. The number of carbonyl (C=O) groups is 1. The van der Waals surface area contributed by atoms with Gasteiger partial charge in [-0.1, -0.05) is 36.4 Å². The first-order valence-corrected chi connectivity index (χ1v) is 8.89. The molecule has 1 amide bonds. The highest BCUT2D eigenvalue weighted by molar-refractivity contribution is 5.95. The molecule has 4 heteroatoms. The van der Waals surface area contributed by atoms with Crippen molar-refractivity contribution < 1.29 is 4.79 Å². The van der Waals surface area contributed by atoms with Gasteiger partial charge < -0.3 is 10.2 Å². The Hall–Kier alpha value is -2.17. The van der Waals surface area contributed by atoms with E-state index in [1.807, 2.05) is 42.5 Å². The van der Waals surface area contributed by atoms with E-state index in [0.29, 0.717) is 0 Å². The predicted octanol–water partition coefficient (Wildman–Crippen LogP) is 3.23. The normalized spacial score (nSPS) is 17.2. The lowest BCUT2D eigenvalue weighted by atomic mass is 10.0. The first-order valence-electron chi connectivity index (χ1n) is 8.89. The molecule has 2 aromatic carbocycles. The molecule has 132 valence electrons. The van der Waals surface area contributed by atoms with Crippen molar-refractivity contribution in [2.45, 2.75) is 19.9 Å². The van der Waals surface area contributed by atoms with Crippen molar-refractivity contribution in [2.75, 3.05) is 38.5 Å². The van der Waals surface area contributed by atoms with Crippen LogP contribution in [0, 0.1) is 13.8 Å². The summed E-state index contributed by atoms with van der Waals surface area (Å²) in [6.07, 6.45) is 0. The van der Waals surface area contributed by atoms with Crippen molar-refractivity contribution in [3.05, 3.63) is 65.2 Å². The molecule has 25 heavy (non-hydrogen) atoms. The predicted molar refractivity (Wildman–Crippen MR) is 103 cm³/mol. The molecule has 0 radical (unpaired) electrons. The molecule has 0 aliphatic carbocycles. The smallest absolute Gasteiger partial charge is 0.246 e. The zero-order valence-corrected chi connectivity index (χ0v) is 15.3. The van der Waals surface area contributed by atoms with Crippen LogP contribution < -0.4 is 5.32 Å². The van der Waals surface area contributed by atoms with Gasteiger partial charge >= 0.3 is 0 Å². The standard InChI is InChI=1S/C21H27N3O/c1-16-13-17(2)15-19(14-16)22-21(25)20(18-7-5-4-6-8-18)24-11-9-23(3)10-12-24/h4-8,13-15,20H,9-12H2,1-3H3,(H,22,25). The Bertz CT molecular complexity index is 701. The van der Waals surface area contributed by atoms with Crippen LogP contribution in [0.5, 0.6) is 0 Å². The van der Waals surface area contributed by atoms with E-state index in [1.165, 1.54) is 0 Å². The Morgan fingerprint density at radius 3 is 2.16 bits per heavy atom. The third-order valence-electron chi connectivity index (χ3n) is 4.76. The third-order valence-corrected chi connectivity index (χ3v) is 4.76. The number of benzene rings is 2. The van der Waals surface area contributed by atoms with Crippen LogP contribution >= 0.6 is 0 Å². The SMILES string of the molecule is Cc1cc(C)cc(NC(=O)C(c2ccccc2)N2CCN(C)CC2)c1. The second-order valence-electron chi connectivity index (χ2n) is 7.02. The molecule has 1 atom stereocenters. The number of likely N-dealkylation sites (N-methyl/N-ethyl adjacent to an activating group) is 1. The number of piperazine rings is 1. The molecule has 1 aliphatic rings. The Balaban J connectivity index is 1.84. The number of nitrogens with one attached hydrogen (secondary N) is 1. The number of amides is 1. The summed E-state index contributed by atoms with van der Waals surface area (Å²) in [7, 11) is 2.13. The van der Waals surface area contributed by atoms with Gasteiger partial charge in [-0.15, -0.1) is 0 Å². The third kappa shape index (κ3) is 4.47. The minimum atomic E-state index is -0.254. The molecule has 4 nitrogen and oxygen atoms in total. The molecule has 0 bridgehead atoms. The zero-order chi connectivity index (χ0) is 17.8. The summed E-state index contributed by atoms with van der Waals surface area (Å²) in [4.78, 5) is 17.7. The molecule has 1 fully saturated rings. The first-order chi connectivity index (χ1) is 12.0. The van der Waals surface area contributed by atoms with E-state index in [4.69, 9.17) is 0 Å². The summed E-state index contributed by atoms with van der Waals surface area (Å²) in [5.74, 6) is 0.0424. The van der Waals surface area contributed by atoms with Crippen molar-refractivity contribution in [3.8, 4) is 0 Å². The van der Waals surface area contributed by atoms with Crippen molar-refractivity contribution >= 4 is 11.6 Å². The number of carbonyl (C=O) groups excluding carboxylic acids is 1. The molecule has 3 rings (SSSR count). The molecule has 1 N–H and O–H groups in total. The number of anilines is 1. The van der Waals surface area contributed by atoms with E-state index in [2.05, 4.69) is 42.1 Å². The highest BCUT2D eigenvalue weighted by Crippen LogP contribution is 2.24. The molecule has 0 aromatic heterocycles. The number of hydrogen-bond acceptors (Lipinski definition) is 3. The summed E-state index contributed by atoms with van der Waals surface area (Å²) in [5.41, 5.74) is 4.24. The average molecular weight is 337 g/mol. The minimum Gasteiger partial charge on any atom is -0.324 e. The van der Waals surface area contributed by atoms with Crippen molar-refractivity contribution in [1.29, 1.82) is 0 Å². The van der Waals surface area contributed by atoms with Crippen molar-refractivity contribution in [3.63, 3.8) is 0 Å². The molecule has 1 heterocycles. The summed E-state index contributed by atoms with van der Waals surface area (Å²) >= 11 is 0. The van der Waals surface area contributed by atoms with E-state index >= 15 is 0 Å². The van der Waals surface area contributed by atoms with Crippen LogP contribution in [0.3, 0.4) is 0 Å². The van der Waals surface area contributed by atoms with Gasteiger partial charge in [0.1, 0.15) is 6.04 Å². The quantitative estimate of drug-likeness (QED) is 0.930. The van der Waals surface area contributed by atoms with Crippen LogP contribution in [0.2, 0.25) is 0 Å². The van der Waals surface area contributed by atoms with Crippen LogP contribution in [-0.4, -0.2) is 48.9 Å². The molecule has 1 aliphatic heterocycles. The van der Waals surface area contributed by atoms with E-state index in [1.54, 1.807) is 0 Å². The van der Waals surface area contributed by atoms with Gasteiger partial charge in [0.15, 0.2) is 0 Å². The first kappa shape index (κ1) is 17.6. The topological polar surface area (TPSA) is 35.6 Å². The highest BCUT2D eigenvalue weighted by atomic mass is 16.2. The Kier molecular flexibility index (Phi) is 5.51. The van der Waals surface area contributed by atoms with Gasteiger partial charge in [-0.25, -0.2) is 0 Å². The maximum atomic E-state index is 13.2. The molecule has 2 aromatic rings. The van der Waals surface area contributed by atoms with Gasteiger partial charge in [-0.2, -0.15) is 0 Å². The fourth-order valence-electron chi connectivity index (χ4n) is 3.50. The largest absolute Gasteiger partial charge is 0.324 e. The summed E-state index contributed by atoms with van der Waals surface area (Å²) in [6, 6.07) is 16.0. The Morgan fingerprint density at radius 2 is 1.56 bits per heavy atom. The van der Waals surface area contributed by atoms with Crippen LogP contribution in [-0.2, 0) is 4.79 Å². The van der Waals surface area contributed by atoms with Crippen molar-refractivity contribution in [1.82, 2.24) is 9.80 Å². The number of hydrogen-bond donors (Lipinski definition) is 1. The fourth-order valence-corrected chi connectivity index (χ4v) is 3.50. The minimum absolute atomic E-state index is 0.0424. The van der Waals surface area contributed by atoms with Gasteiger partial charge in [-0.3, -0.25) is 9.69 Å². The van der Waals surface area contributed by atoms with Crippen LogP contribution in [0.25, 0.3) is 0 Å². The van der Waals surface area contributed by atoms with Gasteiger partial charge in [0.05, 0.1) is 0 Å².